The van der Waals surface area contributed by atoms with Gasteiger partial charge < -0.3 is 15.2 Å². The fraction of sp³-hybridized carbons (Fsp3) is 0.333. The second kappa shape index (κ2) is 5.00. The van der Waals surface area contributed by atoms with E-state index in [0.717, 1.165) is 24.1 Å². The summed E-state index contributed by atoms with van der Waals surface area (Å²) in [4.78, 5) is 18.6. The van der Waals surface area contributed by atoms with E-state index < -0.39 is 0 Å². The summed E-state index contributed by atoms with van der Waals surface area (Å²) >= 11 is 0. The van der Waals surface area contributed by atoms with Crippen molar-refractivity contribution in [2.24, 2.45) is 7.05 Å². The van der Waals surface area contributed by atoms with Gasteiger partial charge in [0, 0.05) is 31.5 Å². The minimum Gasteiger partial charge on any atom is -0.399 e. The Morgan fingerprint density at radius 2 is 2.10 bits per heavy atom. The number of amides is 1. The molecule has 1 aliphatic carbocycles. The Labute approximate surface area is 118 Å². The number of benzene rings is 1. The number of nitrogen functional groups attached to an aromatic ring is 1. The molecule has 1 heterocycles. The molecule has 0 saturated heterocycles. The molecular weight excluding hydrogens is 252 g/mol. The predicted molar refractivity (Wildman–Crippen MR) is 77.0 cm³/mol. The van der Waals surface area contributed by atoms with E-state index >= 15 is 0 Å². The van der Waals surface area contributed by atoms with Gasteiger partial charge in [0.05, 0.1) is 6.33 Å². The molecule has 2 aromatic rings. The molecule has 3 rings (SSSR count). The highest BCUT2D eigenvalue weighted by atomic mass is 16.2. The Morgan fingerprint density at radius 3 is 2.65 bits per heavy atom. The molecule has 0 radical (unpaired) electrons. The number of rotatable bonds is 4. The normalized spacial score (nSPS) is 14.2. The second-order valence-electron chi connectivity index (χ2n) is 5.33. The van der Waals surface area contributed by atoms with E-state index in [1.165, 1.54) is 0 Å². The SMILES string of the molecule is Cn1cnc(C(=O)N(Cc2ccc(N)cc2)C2CC2)c1. The van der Waals surface area contributed by atoms with Crippen molar-refractivity contribution >= 4 is 11.6 Å². The molecule has 20 heavy (non-hydrogen) atoms. The van der Waals surface area contributed by atoms with Crippen molar-refractivity contribution in [3.8, 4) is 0 Å². The summed E-state index contributed by atoms with van der Waals surface area (Å²) in [5.41, 5.74) is 8.03. The third kappa shape index (κ3) is 2.66. The van der Waals surface area contributed by atoms with E-state index in [0.29, 0.717) is 18.3 Å². The summed E-state index contributed by atoms with van der Waals surface area (Å²) in [6.45, 7) is 0.611. The highest BCUT2D eigenvalue weighted by molar-refractivity contribution is 5.92. The van der Waals surface area contributed by atoms with E-state index in [-0.39, 0.29) is 5.91 Å². The maximum atomic E-state index is 12.5. The van der Waals surface area contributed by atoms with Gasteiger partial charge >= 0.3 is 0 Å². The molecule has 1 amide bonds. The number of nitrogens with zero attached hydrogens (tertiary/aromatic N) is 3. The summed E-state index contributed by atoms with van der Waals surface area (Å²) < 4.78 is 1.79. The predicted octanol–water partition coefficient (Wildman–Crippen LogP) is 1.81. The lowest BCUT2D eigenvalue weighted by Crippen LogP contribution is -2.32. The molecule has 0 aliphatic heterocycles. The smallest absolute Gasteiger partial charge is 0.274 e. The molecule has 0 bridgehead atoms. The molecule has 1 aliphatic rings. The molecule has 0 unspecified atom stereocenters. The lowest BCUT2D eigenvalue weighted by atomic mass is 10.2. The van der Waals surface area contributed by atoms with Gasteiger partial charge in [-0.25, -0.2) is 4.98 Å². The quantitative estimate of drug-likeness (QED) is 0.862. The summed E-state index contributed by atoms with van der Waals surface area (Å²) in [5, 5.41) is 0. The molecule has 2 N–H and O–H groups in total. The maximum absolute atomic E-state index is 12.5. The van der Waals surface area contributed by atoms with Crippen LogP contribution in [0.1, 0.15) is 28.9 Å². The van der Waals surface area contributed by atoms with Gasteiger partial charge in [-0.15, -0.1) is 0 Å². The number of anilines is 1. The molecule has 1 aromatic carbocycles. The first kappa shape index (κ1) is 12.7. The summed E-state index contributed by atoms with van der Waals surface area (Å²) in [7, 11) is 1.87. The average Bonchev–Trinajstić information content (AvgIpc) is 3.19. The van der Waals surface area contributed by atoms with Gasteiger partial charge in [-0.05, 0) is 30.5 Å². The zero-order valence-electron chi connectivity index (χ0n) is 11.5. The number of imidazole rings is 1. The first-order valence-electron chi connectivity index (χ1n) is 6.77. The topological polar surface area (TPSA) is 64.2 Å². The fourth-order valence-electron chi connectivity index (χ4n) is 2.24. The highest BCUT2D eigenvalue weighted by Gasteiger charge is 2.33. The lowest BCUT2D eigenvalue weighted by Gasteiger charge is -2.21. The van der Waals surface area contributed by atoms with E-state index in [4.69, 9.17) is 5.73 Å². The van der Waals surface area contributed by atoms with Crippen LogP contribution >= 0.6 is 0 Å². The van der Waals surface area contributed by atoms with Crippen LogP contribution in [0, 0.1) is 0 Å². The van der Waals surface area contributed by atoms with E-state index in [1.54, 1.807) is 17.1 Å². The van der Waals surface area contributed by atoms with Crippen LogP contribution in [0.15, 0.2) is 36.8 Å². The molecule has 5 heteroatoms. The van der Waals surface area contributed by atoms with Crippen LogP contribution in [0.3, 0.4) is 0 Å². The van der Waals surface area contributed by atoms with Crippen molar-refractivity contribution in [1.82, 2.24) is 14.5 Å². The highest BCUT2D eigenvalue weighted by Crippen LogP contribution is 2.29. The van der Waals surface area contributed by atoms with Crippen molar-refractivity contribution in [2.45, 2.75) is 25.4 Å². The molecule has 1 aromatic heterocycles. The number of aromatic nitrogens is 2. The molecule has 0 spiro atoms. The van der Waals surface area contributed by atoms with Crippen LogP contribution in [-0.4, -0.2) is 26.4 Å². The lowest BCUT2D eigenvalue weighted by molar-refractivity contribution is 0.0724. The first-order valence-corrected chi connectivity index (χ1v) is 6.77. The Kier molecular flexibility index (Phi) is 3.18. The standard InChI is InChI=1S/C15H18N4O/c1-18-9-14(17-10-18)15(20)19(13-6-7-13)8-11-2-4-12(16)5-3-11/h2-5,9-10,13H,6-8,16H2,1H3. The molecule has 1 saturated carbocycles. The number of hydrogen-bond donors (Lipinski definition) is 1. The number of carbonyl (C=O) groups excluding carboxylic acids is 1. The largest absolute Gasteiger partial charge is 0.399 e. The Hall–Kier alpha value is -2.30. The summed E-state index contributed by atoms with van der Waals surface area (Å²) in [5.74, 6) is 0.00456. The van der Waals surface area contributed by atoms with E-state index in [2.05, 4.69) is 4.98 Å². The zero-order chi connectivity index (χ0) is 14.1. The minimum atomic E-state index is 0.00456. The van der Waals surface area contributed by atoms with Gasteiger partial charge in [0.2, 0.25) is 0 Å². The third-order valence-electron chi connectivity index (χ3n) is 3.51. The first-order chi connectivity index (χ1) is 9.63. The third-order valence-corrected chi connectivity index (χ3v) is 3.51. The van der Waals surface area contributed by atoms with Crippen LogP contribution < -0.4 is 5.73 Å². The van der Waals surface area contributed by atoms with Crippen molar-refractivity contribution in [3.63, 3.8) is 0 Å². The molecule has 1 fully saturated rings. The van der Waals surface area contributed by atoms with E-state index in [9.17, 15) is 4.79 Å². The molecule has 5 nitrogen and oxygen atoms in total. The Balaban J connectivity index is 1.79. The minimum absolute atomic E-state index is 0.00456. The van der Waals surface area contributed by atoms with Gasteiger partial charge in [0.25, 0.3) is 5.91 Å². The van der Waals surface area contributed by atoms with Crippen molar-refractivity contribution < 1.29 is 4.79 Å². The maximum Gasteiger partial charge on any atom is 0.274 e. The molecule has 0 atom stereocenters. The van der Waals surface area contributed by atoms with Gasteiger partial charge in [0.15, 0.2) is 0 Å². The van der Waals surface area contributed by atoms with Crippen molar-refractivity contribution in [3.05, 3.63) is 48.0 Å². The monoisotopic (exact) mass is 270 g/mol. The van der Waals surface area contributed by atoms with Gasteiger partial charge in [-0.3, -0.25) is 4.79 Å². The number of aryl methyl sites for hydroxylation is 1. The van der Waals surface area contributed by atoms with Crippen LogP contribution in [-0.2, 0) is 13.6 Å². The number of nitrogens with two attached hydrogens (primary N) is 1. The second-order valence-corrected chi connectivity index (χ2v) is 5.33. The zero-order valence-corrected chi connectivity index (χ0v) is 11.5. The van der Waals surface area contributed by atoms with Gasteiger partial charge in [-0.2, -0.15) is 0 Å². The summed E-state index contributed by atoms with van der Waals surface area (Å²) in [6, 6.07) is 8.02. The number of carbonyl (C=O) groups is 1. The van der Waals surface area contributed by atoms with Crippen molar-refractivity contribution in [1.29, 1.82) is 0 Å². The van der Waals surface area contributed by atoms with Gasteiger partial charge in [-0.1, -0.05) is 12.1 Å². The van der Waals surface area contributed by atoms with Gasteiger partial charge in [0.1, 0.15) is 5.69 Å². The Bertz CT molecular complexity index is 613. The average molecular weight is 270 g/mol. The van der Waals surface area contributed by atoms with Crippen molar-refractivity contribution in [2.75, 3.05) is 5.73 Å². The number of hydrogen-bond acceptors (Lipinski definition) is 3. The fourth-order valence-corrected chi connectivity index (χ4v) is 2.24. The Morgan fingerprint density at radius 1 is 1.40 bits per heavy atom. The van der Waals surface area contributed by atoms with Crippen LogP contribution in [0.25, 0.3) is 0 Å². The molecular formula is C15H18N4O. The van der Waals surface area contributed by atoms with Crippen LogP contribution in [0.2, 0.25) is 0 Å². The van der Waals surface area contributed by atoms with E-state index in [1.807, 2.05) is 36.2 Å². The molecule has 104 valence electrons. The van der Waals surface area contributed by atoms with Crippen LogP contribution in [0.4, 0.5) is 5.69 Å². The summed E-state index contributed by atoms with van der Waals surface area (Å²) in [6.07, 6.45) is 5.57. The van der Waals surface area contributed by atoms with Crippen LogP contribution in [0.5, 0.6) is 0 Å².